The second-order valence-electron chi connectivity index (χ2n) is 7.02. The van der Waals surface area contributed by atoms with Gasteiger partial charge in [-0.3, -0.25) is 4.98 Å². The monoisotopic (exact) mass is 430 g/mol. The van der Waals surface area contributed by atoms with Crippen molar-refractivity contribution in [1.82, 2.24) is 19.9 Å². The number of carbonyl (C=O) groups is 1. The number of ether oxygens (including phenoxy) is 1. The minimum absolute atomic E-state index is 0.169. The van der Waals surface area contributed by atoms with Gasteiger partial charge in [-0.05, 0) is 42.1 Å². The summed E-state index contributed by atoms with van der Waals surface area (Å²) in [6.07, 6.45) is 3.52. The second kappa shape index (κ2) is 7.37. The van der Waals surface area contributed by atoms with Gasteiger partial charge in [-0.25, -0.2) is 9.78 Å². The van der Waals surface area contributed by atoms with Crippen LogP contribution in [-0.4, -0.2) is 31.0 Å². The summed E-state index contributed by atoms with van der Waals surface area (Å²) in [5, 5.41) is 11.7. The van der Waals surface area contributed by atoms with Gasteiger partial charge in [0.2, 0.25) is 0 Å². The molecule has 0 atom stereocenters. The van der Waals surface area contributed by atoms with E-state index >= 15 is 0 Å². The molecule has 0 spiro atoms. The van der Waals surface area contributed by atoms with Gasteiger partial charge in [0, 0.05) is 23.3 Å². The van der Waals surface area contributed by atoms with E-state index in [9.17, 15) is 9.90 Å². The first-order valence-electron chi connectivity index (χ1n) is 9.41. The third-order valence-electron chi connectivity index (χ3n) is 4.99. The van der Waals surface area contributed by atoms with Gasteiger partial charge >= 0.3 is 12.0 Å². The average Bonchev–Trinajstić information content (AvgIpc) is 3.15. The van der Waals surface area contributed by atoms with Gasteiger partial charge < -0.3 is 14.8 Å². The maximum Gasteiger partial charge on any atom is 0.336 e. The minimum Gasteiger partial charge on any atom is -0.478 e. The topological polar surface area (TPSA) is 101 Å². The Kier molecular flexibility index (Phi) is 4.52. The largest absolute Gasteiger partial charge is 0.478 e. The standard InChI is InChI=1S/C23H15ClN4O3/c1-12-5-6-14(9-17(12)22(29)30)31-23-26-19-10-18(24)20(27-21(19)28-23)16-4-2-3-13-11-25-8-7-15(13)16/h2-11H,1H3,(H,29,30)(H,26,27,28). The number of H-pyrrole nitrogens is 1. The molecule has 31 heavy (non-hydrogen) atoms. The van der Waals surface area contributed by atoms with Gasteiger partial charge in [0.05, 0.1) is 21.8 Å². The van der Waals surface area contributed by atoms with Crippen molar-refractivity contribution >= 4 is 39.5 Å². The fourth-order valence-electron chi connectivity index (χ4n) is 3.47. The quantitative estimate of drug-likeness (QED) is 0.383. The average molecular weight is 431 g/mol. The Bertz CT molecular complexity index is 1470. The summed E-state index contributed by atoms with van der Waals surface area (Å²) in [7, 11) is 0. The number of carboxylic acids is 1. The number of aryl methyl sites for hydroxylation is 1. The number of aromatic nitrogens is 4. The Morgan fingerprint density at radius 1 is 1.13 bits per heavy atom. The van der Waals surface area contributed by atoms with Crippen LogP contribution in [0.4, 0.5) is 0 Å². The summed E-state index contributed by atoms with van der Waals surface area (Å²) < 4.78 is 5.74. The maximum absolute atomic E-state index is 11.4. The summed E-state index contributed by atoms with van der Waals surface area (Å²) in [6, 6.07) is 14.5. The summed E-state index contributed by atoms with van der Waals surface area (Å²) in [4.78, 5) is 27.6. The summed E-state index contributed by atoms with van der Waals surface area (Å²) in [6.45, 7) is 1.73. The lowest BCUT2D eigenvalue weighted by molar-refractivity contribution is 0.0695. The molecular weight excluding hydrogens is 416 g/mol. The number of carboxylic acid groups (broad SMARTS) is 1. The van der Waals surface area contributed by atoms with Crippen LogP contribution in [-0.2, 0) is 0 Å². The smallest absolute Gasteiger partial charge is 0.336 e. The fourth-order valence-corrected chi connectivity index (χ4v) is 3.72. The van der Waals surface area contributed by atoms with E-state index in [2.05, 4.69) is 19.9 Å². The molecule has 2 N–H and O–H groups in total. The van der Waals surface area contributed by atoms with Crippen LogP contribution in [0.25, 0.3) is 33.2 Å². The first-order valence-corrected chi connectivity index (χ1v) is 9.78. The number of aromatic carboxylic acids is 1. The maximum atomic E-state index is 11.4. The highest BCUT2D eigenvalue weighted by molar-refractivity contribution is 6.34. The molecule has 3 aromatic heterocycles. The number of aromatic amines is 1. The molecule has 152 valence electrons. The highest BCUT2D eigenvalue weighted by atomic mass is 35.5. The fraction of sp³-hybridized carbons (Fsp3) is 0.0435. The summed E-state index contributed by atoms with van der Waals surface area (Å²) in [5.74, 6) is -0.661. The highest BCUT2D eigenvalue weighted by Crippen LogP contribution is 2.34. The van der Waals surface area contributed by atoms with Gasteiger partial charge in [0.1, 0.15) is 5.75 Å². The number of nitrogens with zero attached hydrogens (tertiary/aromatic N) is 3. The van der Waals surface area contributed by atoms with E-state index in [-0.39, 0.29) is 11.6 Å². The van der Waals surface area contributed by atoms with Crippen LogP contribution in [0.5, 0.6) is 11.8 Å². The second-order valence-corrected chi connectivity index (χ2v) is 7.43. The van der Waals surface area contributed by atoms with Crippen LogP contribution >= 0.6 is 11.6 Å². The lowest BCUT2D eigenvalue weighted by atomic mass is 10.0. The molecule has 0 saturated heterocycles. The number of halogens is 1. The summed E-state index contributed by atoms with van der Waals surface area (Å²) >= 11 is 6.55. The first-order chi connectivity index (χ1) is 15.0. The van der Waals surface area contributed by atoms with Crippen LogP contribution < -0.4 is 4.74 Å². The minimum atomic E-state index is -1.02. The molecule has 3 heterocycles. The molecule has 0 saturated carbocycles. The van der Waals surface area contributed by atoms with Crippen molar-refractivity contribution in [3.8, 4) is 23.0 Å². The van der Waals surface area contributed by atoms with E-state index < -0.39 is 5.97 Å². The zero-order chi connectivity index (χ0) is 21.5. The molecule has 0 fully saturated rings. The number of hydrogen-bond acceptors (Lipinski definition) is 5. The van der Waals surface area contributed by atoms with E-state index in [1.54, 1.807) is 37.5 Å². The molecule has 0 aliphatic rings. The predicted octanol–water partition coefficient (Wildman–Crippen LogP) is 5.63. The Morgan fingerprint density at radius 3 is 2.84 bits per heavy atom. The number of imidazole rings is 1. The Balaban J connectivity index is 1.56. The van der Waals surface area contributed by atoms with Crippen molar-refractivity contribution in [3.63, 3.8) is 0 Å². The van der Waals surface area contributed by atoms with Crippen molar-refractivity contribution in [2.45, 2.75) is 6.92 Å². The highest BCUT2D eigenvalue weighted by Gasteiger charge is 2.15. The van der Waals surface area contributed by atoms with E-state index in [0.29, 0.717) is 33.2 Å². The SMILES string of the molecule is Cc1ccc(Oc2nc3nc(-c4cccc5cnccc45)c(Cl)cc3[nH]2)cc1C(=O)O. The lowest BCUT2D eigenvalue weighted by Crippen LogP contribution is -2.00. The zero-order valence-corrected chi connectivity index (χ0v) is 17.0. The van der Waals surface area contributed by atoms with Crippen LogP contribution in [0.3, 0.4) is 0 Å². The molecule has 0 aliphatic carbocycles. The Morgan fingerprint density at radius 2 is 2.00 bits per heavy atom. The van der Waals surface area contributed by atoms with Crippen LogP contribution in [0.15, 0.2) is 60.9 Å². The molecule has 8 heteroatoms. The van der Waals surface area contributed by atoms with E-state index in [1.807, 2.05) is 24.3 Å². The van der Waals surface area contributed by atoms with Crippen molar-refractivity contribution < 1.29 is 14.6 Å². The number of benzene rings is 2. The molecule has 7 nitrogen and oxygen atoms in total. The molecule has 0 bridgehead atoms. The Labute approximate surface area is 181 Å². The molecule has 5 aromatic rings. The molecule has 0 aliphatic heterocycles. The van der Waals surface area contributed by atoms with Gasteiger partial charge in [-0.1, -0.05) is 35.9 Å². The van der Waals surface area contributed by atoms with Gasteiger partial charge in [-0.15, -0.1) is 0 Å². The van der Waals surface area contributed by atoms with Gasteiger partial charge in [0.25, 0.3) is 0 Å². The molecule has 0 radical (unpaired) electrons. The van der Waals surface area contributed by atoms with Crippen LogP contribution in [0, 0.1) is 6.92 Å². The predicted molar refractivity (Wildman–Crippen MR) is 118 cm³/mol. The van der Waals surface area contributed by atoms with Crippen LogP contribution in [0.1, 0.15) is 15.9 Å². The van der Waals surface area contributed by atoms with Crippen LogP contribution in [0.2, 0.25) is 5.02 Å². The molecule has 2 aromatic carbocycles. The number of pyridine rings is 2. The number of rotatable bonds is 4. The third kappa shape index (κ3) is 3.45. The van der Waals surface area contributed by atoms with Gasteiger partial charge in [-0.2, -0.15) is 4.98 Å². The molecule has 5 rings (SSSR count). The number of hydrogen-bond donors (Lipinski definition) is 2. The van der Waals surface area contributed by atoms with Crippen molar-refractivity contribution in [2.75, 3.05) is 0 Å². The van der Waals surface area contributed by atoms with Crippen molar-refractivity contribution in [1.29, 1.82) is 0 Å². The normalized spacial score (nSPS) is 11.2. The first kappa shape index (κ1) is 19.0. The van der Waals surface area contributed by atoms with E-state index in [4.69, 9.17) is 16.3 Å². The molecule has 0 unspecified atom stereocenters. The van der Waals surface area contributed by atoms with Gasteiger partial charge in [0.15, 0.2) is 5.65 Å². The number of fused-ring (bicyclic) bond motifs is 2. The zero-order valence-electron chi connectivity index (χ0n) is 16.3. The molecule has 0 amide bonds. The van der Waals surface area contributed by atoms with E-state index in [0.717, 1.165) is 16.3 Å². The third-order valence-corrected chi connectivity index (χ3v) is 5.28. The van der Waals surface area contributed by atoms with Crippen molar-refractivity contribution in [3.05, 3.63) is 77.1 Å². The number of nitrogens with one attached hydrogen (secondary N) is 1. The lowest BCUT2D eigenvalue weighted by Gasteiger charge is -2.07. The van der Waals surface area contributed by atoms with E-state index in [1.165, 1.54) is 6.07 Å². The summed E-state index contributed by atoms with van der Waals surface area (Å²) in [5.41, 5.74) is 3.34. The Hall–Kier alpha value is -3.97. The molecular formula is C23H15ClN4O3. The van der Waals surface area contributed by atoms with Crippen molar-refractivity contribution in [2.24, 2.45) is 0 Å².